The Labute approximate surface area is 215 Å². The molecule has 0 aliphatic carbocycles. The number of benzene rings is 2. The van der Waals surface area contributed by atoms with E-state index >= 15 is 0 Å². The summed E-state index contributed by atoms with van der Waals surface area (Å²) in [6.45, 7) is 6.69. The highest BCUT2D eigenvalue weighted by molar-refractivity contribution is 5.89. The molecule has 2 aromatic carbocycles. The van der Waals surface area contributed by atoms with Gasteiger partial charge in [0.25, 0.3) is 0 Å². The van der Waals surface area contributed by atoms with Crippen molar-refractivity contribution in [2.24, 2.45) is 0 Å². The molecule has 1 fully saturated rings. The number of urea groups is 1. The molecule has 0 unspecified atom stereocenters. The summed E-state index contributed by atoms with van der Waals surface area (Å²) in [5.41, 5.74) is 3.39. The van der Waals surface area contributed by atoms with Crippen molar-refractivity contribution in [2.75, 3.05) is 29.9 Å². The van der Waals surface area contributed by atoms with E-state index in [0.717, 1.165) is 49.4 Å². The van der Waals surface area contributed by atoms with E-state index in [0.29, 0.717) is 30.4 Å². The molecule has 0 saturated carbocycles. The van der Waals surface area contributed by atoms with Gasteiger partial charge in [0.05, 0.1) is 17.8 Å². The van der Waals surface area contributed by atoms with Gasteiger partial charge in [-0.25, -0.2) is 18.6 Å². The predicted octanol–water partition coefficient (Wildman–Crippen LogP) is 6.25. The Morgan fingerprint density at radius 2 is 1.73 bits per heavy atom. The molecule has 2 aliphatic heterocycles. The number of rotatable bonds is 5. The first-order valence-corrected chi connectivity index (χ1v) is 12.8. The molecule has 5 rings (SSSR count). The van der Waals surface area contributed by atoms with Crippen molar-refractivity contribution in [3.8, 4) is 11.6 Å². The van der Waals surface area contributed by atoms with E-state index in [-0.39, 0.29) is 24.2 Å². The number of carbonyl (C=O) groups is 1. The summed E-state index contributed by atoms with van der Waals surface area (Å²) in [6.07, 6.45) is 3.83. The van der Waals surface area contributed by atoms with Gasteiger partial charge in [-0.15, -0.1) is 0 Å². The van der Waals surface area contributed by atoms with Crippen LogP contribution < -0.4 is 15.0 Å². The topological polar surface area (TPSA) is 70.6 Å². The third-order valence-corrected chi connectivity index (χ3v) is 6.87. The maximum absolute atomic E-state index is 13.9. The fourth-order valence-corrected chi connectivity index (χ4v) is 4.67. The van der Waals surface area contributed by atoms with Crippen molar-refractivity contribution in [3.05, 3.63) is 70.9 Å². The third kappa shape index (κ3) is 5.65. The van der Waals surface area contributed by atoms with Gasteiger partial charge in [0.2, 0.25) is 11.8 Å². The van der Waals surface area contributed by atoms with Gasteiger partial charge < -0.3 is 19.9 Å². The van der Waals surface area contributed by atoms with Gasteiger partial charge in [-0.3, -0.25) is 0 Å². The normalized spacial score (nSPS) is 15.5. The first-order valence-electron chi connectivity index (χ1n) is 12.8. The minimum absolute atomic E-state index is 0.135. The van der Waals surface area contributed by atoms with Gasteiger partial charge in [-0.2, -0.15) is 4.98 Å². The largest absolute Gasteiger partial charge is 0.438 e. The van der Waals surface area contributed by atoms with Crippen LogP contribution in [0.25, 0.3) is 0 Å². The number of amides is 2. The van der Waals surface area contributed by atoms with Crippen LogP contribution in [-0.2, 0) is 13.0 Å². The lowest BCUT2D eigenvalue weighted by molar-refractivity contribution is 0.205. The van der Waals surface area contributed by atoms with E-state index < -0.39 is 11.6 Å². The predicted molar refractivity (Wildman–Crippen MR) is 138 cm³/mol. The van der Waals surface area contributed by atoms with Crippen LogP contribution in [0.5, 0.6) is 11.6 Å². The Hall–Kier alpha value is -3.75. The summed E-state index contributed by atoms with van der Waals surface area (Å²) in [6, 6.07) is 11.0. The molecule has 194 valence electrons. The second kappa shape index (κ2) is 10.7. The van der Waals surface area contributed by atoms with Crippen molar-refractivity contribution >= 4 is 17.7 Å². The van der Waals surface area contributed by atoms with Crippen molar-refractivity contribution in [3.63, 3.8) is 0 Å². The van der Waals surface area contributed by atoms with Crippen LogP contribution in [0.2, 0.25) is 0 Å². The quantitative estimate of drug-likeness (QED) is 0.442. The van der Waals surface area contributed by atoms with Crippen molar-refractivity contribution in [2.45, 2.75) is 52.0 Å². The van der Waals surface area contributed by atoms with Crippen LogP contribution in [0.3, 0.4) is 0 Å². The summed E-state index contributed by atoms with van der Waals surface area (Å²) in [4.78, 5) is 26.4. The van der Waals surface area contributed by atoms with E-state index in [1.54, 1.807) is 4.90 Å². The smallest absolute Gasteiger partial charge is 0.322 e. The number of nitrogens with one attached hydrogen (secondary N) is 1. The number of nitrogens with zero attached hydrogens (tertiary/aromatic N) is 4. The number of anilines is 2. The average Bonchev–Trinajstić information content (AvgIpc) is 2.91. The molecule has 7 nitrogen and oxygen atoms in total. The van der Waals surface area contributed by atoms with Crippen LogP contribution in [0.1, 0.15) is 55.8 Å². The molecular formula is C28H31F2N5O2. The molecule has 2 amide bonds. The summed E-state index contributed by atoms with van der Waals surface area (Å²) >= 11 is 0. The zero-order chi connectivity index (χ0) is 25.9. The van der Waals surface area contributed by atoms with Gasteiger partial charge in [-0.1, -0.05) is 26.0 Å². The summed E-state index contributed by atoms with van der Waals surface area (Å²) in [5.74, 6) is -0.576. The van der Waals surface area contributed by atoms with Crippen molar-refractivity contribution in [1.29, 1.82) is 0 Å². The van der Waals surface area contributed by atoms with Crippen LogP contribution in [0, 0.1) is 11.6 Å². The molecule has 3 heterocycles. The lowest BCUT2D eigenvalue weighted by atomic mass is 10.0. The average molecular weight is 508 g/mol. The molecule has 0 spiro atoms. The Balaban J connectivity index is 1.40. The second-order valence-corrected chi connectivity index (χ2v) is 9.86. The number of fused-ring (bicyclic) bond motifs is 1. The lowest BCUT2D eigenvalue weighted by Crippen LogP contribution is -2.40. The lowest BCUT2D eigenvalue weighted by Gasteiger charge is -2.32. The highest BCUT2D eigenvalue weighted by Gasteiger charge is 2.28. The Bertz CT molecular complexity index is 1280. The van der Waals surface area contributed by atoms with Crippen LogP contribution in [0.15, 0.2) is 42.5 Å². The van der Waals surface area contributed by atoms with Gasteiger partial charge in [0.1, 0.15) is 5.75 Å². The zero-order valence-electron chi connectivity index (χ0n) is 21.1. The molecular weight excluding hydrogens is 476 g/mol. The third-order valence-electron chi connectivity index (χ3n) is 6.87. The van der Waals surface area contributed by atoms with Crippen LogP contribution in [-0.4, -0.2) is 40.5 Å². The van der Waals surface area contributed by atoms with E-state index in [9.17, 15) is 13.6 Å². The number of halogens is 2. The number of hydrogen-bond acceptors (Lipinski definition) is 5. The molecule has 0 bridgehead atoms. The van der Waals surface area contributed by atoms with Crippen LogP contribution >= 0.6 is 0 Å². The molecule has 0 atom stereocenters. The fourth-order valence-electron chi connectivity index (χ4n) is 4.67. The minimum Gasteiger partial charge on any atom is -0.438 e. The van der Waals surface area contributed by atoms with E-state index in [1.165, 1.54) is 18.1 Å². The molecule has 1 aromatic heterocycles. The van der Waals surface area contributed by atoms with Crippen LogP contribution in [0.4, 0.5) is 25.2 Å². The number of piperidine rings is 1. The van der Waals surface area contributed by atoms with Gasteiger partial charge in [0.15, 0.2) is 11.6 Å². The molecule has 37 heavy (non-hydrogen) atoms. The number of aromatic nitrogens is 2. The van der Waals surface area contributed by atoms with Crippen molar-refractivity contribution < 1.29 is 18.3 Å². The Morgan fingerprint density at radius 3 is 2.43 bits per heavy atom. The number of ether oxygens (including phenoxy) is 1. The fraction of sp³-hybridized carbons (Fsp3) is 0.393. The monoisotopic (exact) mass is 507 g/mol. The summed E-state index contributed by atoms with van der Waals surface area (Å²) in [5, 5.41) is 2.96. The Kier molecular flexibility index (Phi) is 7.21. The number of carbonyl (C=O) groups excluding carboxylic acids is 1. The van der Waals surface area contributed by atoms with Gasteiger partial charge in [-0.05, 0) is 55.0 Å². The molecule has 3 aromatic rings. The molecule has 9 heteroatoms. The van der Waals surface area contributed by atoms with Gasteiger partial charge in [0, 0.05) is 37.8 Å². The molecule has 1 saturated heterocycles. The first-order chi connectivity index (χ1) is 17.9. The SMILES string of the molecule is CC(C)c1ccc(NC(=O)N2CCc3nc(N4CCCCC4)nc(Oc4ccc(F)c(F)c4)c3C2)cc1. The summed E-state index contributed by atoms with van der Waals surface area (Å²) in [7, 11) is 0. The first kappa shape index (κ1) is 24.9. The number of hydrogen-bond donors (Lipinski definition) is 1. The highest BCUT2D eigenvalue weighted by atomic mass is 19.2. The molecule has 0 radical (unpaired) electrons. The maximum Gasteiger partial charge on any atom is 0.322 e. The second-order valence-electron chi connectivity index (χ2n) is 9.86. The molecule has 1 N–H and O–H groups in total. The highest BCUT2D eigenvalue weighted by Crippen LogP contribution is 2.33. The van der Waals surface area contributed by atoms with E-state index in [4.69, 9.17) is 9.72 Å². The minimum atomic E-state index is -0.999. The summed E-state index contributed by atoms with van der Waals surface area (Å²) < 4.78 is 33.3. The van der Waals surface area contributed by atoms with Crippen molar-refractivity contribution in [1.82, 2.24) is 14.9 Å². The maximum atomic E-state index is 13.9. The van der Waals surface area contributed by atoms with E-state index in [1.807, 2.05) is 24.3 Å². The van der Waals surface area contributed by atoms with E-state index in [2.05, 4.69) is 29.0 Å². The zero-order valence-corrected chi connectivity index (χ0v) is 21.1. The standard InChI is InChI=1S/C28H31F2N5O2/c1-18(2)19-6-8-20(9-7-19)31-28(36)35-15-12-25-22(17-35)26(37-21-10-11-23(29)24(30)16-21)33-27(32-25)34-13-4-3-5-14-34/h6-11,16,18H,3-5,12-15,17H2,1-2H3,(H,31,36). The Morgan fingerprint density at radius 1 is 0.973 bits per heavy atom. The molecule has 2 aliphatic rings. The van der Waals surface area contributed by atoms with Gasteiger partial charge >= 0.3 is 6.03 Å².